The Labute approximate surface area is 372 Å². The molecule has 25 heteroatoms. The van der Waals surface area contributed by atoms with Crippen molar-refractivity contribution in [2.45, 2.75) is 95.9 Å². The van der Waals surface area contributed by atoms with Crippen LogP contribution in [0.5, 0.6) is 0 Å². The van der Waals surface area contributed by atoms with Crippen LogP contribution in [0.4, 0.5) is 14.4 Å². The summed E-state index contributed by atoms with van der Waals surface area (Å²) in [6.07, 6.45) is 2.54. The zero-order valence-corrected chi connectivity index (χ0v) is 37.8. The number of carboxylic acid groups (broad SMARTS) is 1. The molecule has 4 saturated heterocycles. The van der Waals surface area contributed by atoms with Crippen LogP contribution in [-0.2, 0) is 66.9 Å². The van der Waals surface area contributed by atoms with Crippen molar-refractivity contribution in [3.05, 3.63) is 71.8 Å². The molecule has 2 aromatic rings. The fourth-order valence-electron chi connectivity index (χ4n) is 6.84. The number of hydrogen-bond donors (Lipinski definition) is 5. The zero-order chi connectivity index (χ0) is 47.1. The van der Waals surface area contributed by atoms with Gasteiger partial charge in [0.25, 0.3) is 5.91 Å². The van der Waals surface area contributed by atoms with Gasteiger partial charge in [0, 0.05) is 19.6 Å². The van der Waals surface area contributed by atoms with E-state index in [1.54, 1.807) is 25.5 Å². The van der Waals surface area contributed by atoms with E-state index >= 15 is 0 Å². The van der Waals surface area contributed by atoms with Crippen molar-refractivity contribution in [2.75, 3.05) is 44.9 Å². The second-order valence-electron chi connectivity index (χ2n) is 16.0. The van der Waals surface area contributed by atoms with Crippen LogP contribution < -0.4 is 20.8 Å². The number of ether oxygens (including phenoxy) is 1. The summed E-state index contributed by atoms with van der Waals surface area (Å²) < 4.78 is 53.3. The molecule has 4 aliphatic heterocycles. The smallest absolute Gasteiger partial charge is 0.421 e. The number of urea groups is 2. The maximum absolute atomic E-state index is 12.6. The lowest BCUT2D eigenvalue weighted by Gasteiger charge is -2.28. The van der Waals surface area contributed by atoms with Gasteiger partial charge in [-0.1, -0.05) is 60.7 Å². The highest BCUT2D eigenvalue weighted by atomic mass is 32.2. The molecule has 23 nitrogen and oxygen atoms in total. The van der Waals surface area contributed by atoms with E-state index in [2.05, 4.69) is 15.0 Å². The standard InChI is InChI=1S/C17H24N4O6S.C14H16N2O4.C8H18N2O5S/c1-28(24,25)18-9-10-26-19-16(22)15-8-7-14-11-20(15)17(23)21(14)27-12-13-5-3-2-4-6-13;17-13(18)12-7-6-11-8-15(12)14(19)16(11)20-9-10-4-2-1-3-5-10;1-8(2,3)15-7(11)10-16(12,13)6-4-5-14-9/h2-6,14-15,18H,7-12H2,1H3,(H,19,22);1-5,11-12H,6-9H2,(H,17,18);4-6,9H2,1-3H3,(H,10,11)/t14-,15+;11-,12+;/m11./s1. The Morgan fingerprint density at radius 3 is 1.75 bits per heavy atom. The van der Waals surface area contributed by atoms with E-state index in [4.69, 9.17) is 30.3 Å². The summed E-state index contributed by atoms with van der Waals surface area (Å²) in [6, 6.07) is 17.0. The van der Waals surface area contributed by atoms with Crippen LogP contribution in [0.3, 0.4) is 0 Å². The van der Waals surface area contributed by atoms with Gasteiger partial charge in [-0.3, -0.25) is 19.3 Å². The van der Waals surface area contributed by atoms with Gasteiger partial charge in [0.1, 0.15) is 30.9 Å². The van der Waals surface area contributed by atoms with Crippen molar-refractivity contribution in [3.63, 3.8) is 0 Å². The molecule has 0 aliphatic carbocycles. The van der Waals surface area contributed by atoms with Gasteiger partial charge in [-0.05, 0) is 64.0 Å². The summed E-state index contributed by atoms with van der Waals surface area (Å²) in [5.41, 5.74) is 3.49. The maximum Gasteiger partial charge on any atom is 0.421 e. The fourth-order valence-corrected chi connectivity index (χ4v) is 8.19. The Morgan fingerprint density at radius 1 is 0.781 bits per heavy atom. The number of fused-ring (bicyclic) bond motifs is 4. The van der Waals surface area contributed by atoms with E-state index in [-0.39, 0.29) is 62.7 Å². The van der Waals surface area contributed by atoms with E-state index in [1.165, 1.54) is 19.9 Å². The number of hydrogen-bond acceptors (Lipinski definition) is 15. The summed E-state index contributed by atoms with van der Waals surface area (Å²) in [5.74, 6) is 3.11. The van der Waals surface area contributed by atoms with Crippen LogP contribution >= 0.6 is 0 Å². The normalized spacial score (nSPS) is 20.5. The van der Waals surface area contributed by atoms with Gasteiger partial charge >= 0.3 is 24.1 Å². The van der Waals surface area contributed by atoms with Crippen LogP contribution in [0.2, 0.25) is 0 Å². The molecule has 6 amide bonds. The van der Waals surface area contributed by atoms with E-state index in [9.17, 15) is 40.8 Å². The average Bonchev–Trinajstić information content (AvgIpc) is 3.60. The molecule has 2 aromatic carbocycles. The molecule has 0 unspecified atom stereocenters. The summed E-state index contributed by atoms with van der Waals surface area (Å²) >= 11 is 0. The predicted molar refractivity (Wildman–Crippen MR) is 226 cm³/mol. The highest BCUT2D eigenvalue weighted by Crippen LogP contribution is 2.32. The summed E-state index contributed by atoms with van der Waals surface area (Å²) in [4.78, 5) is 82.8. The minimum Gasteiger partial charge on any atom is -0.480 e. The fraction of sp³-hybridized carbons (Fsp3) is 0.564. The lowest BCUT2D eigenvalue weighted by atomic mass is 10.0. The molecule has 4 aliphatic rings. The SMILES string of the molecule is CC(C)(C)OC(=O)NS(=O)(=O)CCCON.CS(=O)(=O)NCCONC(=O)[C@@H]1CC[C@@H]2CN1C(=O)N2OCc1ccccc1.O=C(O)[C@@H]1CC[C@@H]2CN1C(=O)N2OCc1ccccc1. The van der Waals surface area contributed by atoms with Gasteiger partial charge in [0.2, 0.25) is 20.0 Å². The number of rotatable bonds is 18. The van der Waals surface area contributed by atoms with E-state index in [0.717, 1.165) is 17.4 Å². The number of nitrogens with zero attached hydrogens (tertiary/aromatic N) is 4. The minimum absolute atomic E-state index is 0.0194. The number of aliphatic carboxylic acids is 1. The van der Waals surface area contributed by atoms with Crippen LogP contribution in [0.1, 0.15) is 64.0 Å². The van der Waals surface area contributed by atoms with Gasteiger partial charge in [0.05, 0.1) is 37.3 Å². The molecule has 0 radical (unpaired) electrons. The molecule has 6 N–H and O–H groups in total. The molecule has 0 spiro atoms. The van der Waals surface area contributed by atoms with E-state index in [0.29, 0.717) is 45.4 Å². The number of amides is 6. The number of hydroxylamine groups is 5. The molecular weight excluding hydrogens is 885 g/mol. The lowest BCUT2D eigenvalue weighted by Crippen LogP contribution is -2.50. The van der Waals surface area contributed by atoms with Crippen molar-refractivity contribution in [1.82, 2.24) is 34.9 Å². The number of carbonyl (C=O) groups is 5. The van der Waals surface area contributed by atoms with Crippen LogP contribution in [0, 0.1) is 0 Å². The molecular formula is C39H58N8O15S2. The monoisotopic (exact) mass is 942 g/mol. The molecule has 6 rings (SSSR count). The highest BCUT2D eigenvalue weighted by Gasteiger charge is 2.49. The van der Waals surface area contributed by atoms with Gasteiger partial charge in [0.15, 0.2) is 0 Å². The largest absolute Gasteiger partial charge is 0.480 e. The first kappa shape index (κ1) is 51.5. The van der Waals surface area contributed by atoms with Crippen LogP contribution in [0.25, 0.3) is 0 Å². The molecule has 64 heavy (non-hydrogen) atoms. The minimum atomic E-state index is -3.69. The predicted octanol–water partition coefficient (Wildman–Crippen LogP) is 1.58. The van der Waals surface area contributed by atoms with E-state index in [1.807, 2.05) is 60.7 Å². The van der Waals surface area contributed by atoms with Crippen molar-refractivity contribution < 1.29 is 70.0 Å². The van der Waals surface area contributed by atoms with Crippen molar-refractivity contribution in [3.8, 4) is 0 Å². The number of benzene rings is 2. The molecule has 356 valence electrons. The van der Waals surface area contributed by atoms with Crippen molar-refractivity contribution >= 4 is 50.1 Å². The van der Waals surface area contributed by atoms with Gasteiger partial charge in [-0.2, -0.15) is 10.1 Å². The quantitative estimate of drug-likeness (QED) is 0.105. The first-order valence-corrected chi connectivity index (χ1v) is 23.9. The Kier molecular flexibility index (Phi) is 19.1. The molecule has 0 aromatic heterocycles. The Balaban J connectivity index is 0.000000221. The topological polar surface area (TPSA) is 295 Å². The highest BCUT2D eigenvalue weighted by molar-refractivity contribution is 7.90. The van der Waals surface area contributed by atoms with E-state index < -0.39 is 55.7 Å². The van der Waals surface area contributed by atoms with Crippen molar-refractivity contribution in [2.24, 2.45) is 5.90 Å². The number of piperidine rings is 2. The maximum atomic E-state index is 12.6. The number of carboxylic acids is 1. The third-order valence-electron chi connectivity index (χ3n) is 9.71. The molecule has 4 bridgehead atoms. The van der Waals surface area contributed by atoms with Crippen molar-refractivity contribution in [1.29, 1.82) is 0 Å². The molecule has 4 atom stereocenters. The first-order chi connectivity index (χ1) is 30.2. The number of carbonyl (C=O) groups excluding carboxylic acids is 4. The second-order valence-corrected chi connectivity index (χ2v) is 19.7. The number of nitrogens with one attached hydrogen (secondary N) is 3. The Morgan fingerprint density at radius 2 is 1.28 bits per heavy atom. The summed E-state index contributed by atoms with van der Waals surface area (Å²) in [7, 11) is -6.99. The Hall–Kier alpha value is -5.15. The Bertz CT molecular complexity index is 2100. The van der Waals surface area contributed by atoms with Gasteiger partial charge in [-0.25, -0.2) is 56.8 Å². The molecule has 4 fully saturated rings. The first-order valence-electron chi connectivity index (χ1n) is 20.4. The third-order valence-corrected chi connectivity index (χ3v) is 11.7. The number of nitrogens with two attached hydrogens (primary N) is 1. The molecule has 0 saturated carbocycles. The van der Waals surface area contributed by atoms with Crippen LogP contribution in [0.15, 0.2) is 60.7 Å². The summed E-state index contributed by atoms with van der Waals surface area (Å²) in [5, 5.41) is 11.8. The van der Waals surface area contributed by atoms with Gasteiger partial charge in [-0.15, -0.1) is 0 Å². The third kappa shape index (κ3) is 16.4. The van der Waals surface area contributed by atoms with Gasteiger partial charge < -0.3 is 24.5 Å². The summed E-state index contributed by atoms with van der Waals surface area (Å²) in [6.45, 7) is 6.49. The van der Waals surface area contributed by atoms with Crippen LogP contribution in [-0.4, -0.2) is 147 Å². The molecule has 4 heterocycles. The average molecular weight is 943 g/mol. The second kappa shape index (κ2) is 23.7. The lowest BCUT2D eigenvalue weighted by molar-refractivity contribution is -0.143. The zero-order valence-electron chi connectivity index (χ0n) is 36.1. The number of sulfonamides is 2.